The second-order valence-corrected chi connectivity index (χ2v) is 10.4. The van der Waals surface area contributed by atoms with Crippen LogP contribution in [0.15, 0.2) is 11.6 Å². The van der Waals surface area contributed by atoms with Crippen LogP contribution in [0.4, 0.5) is 0 Å². The molecule has 0 aliphatic heterocycles. The molecule has 0 saturated heterocycles. The minimum Gasteiger partial charge on any atom is -0.393 e. The van der Waals surface area contributed by atoms with E-state index in [4.69, 9.17) is 0 Å². The van der Waals surface area contributed by atoms with Gasteiger partial charge in [0, 0.05) is 6.42 Å². The van der Waals surface area contributed by atoms with Gasteiger partial charge >= 0.3 is 0 Å². The van der Waals surface area contributed by atoms with Gasteiger partial charge in [0.1, 0.15) is 0 Å². The van der Waals surface area contributed by atoms with Crippen molar-refractivity contribution >= 4 is 5.78 Å². The lowest BCUT2D eigenvalue weighted by molar-refractivity contribution is -0.118. The SMILES string of the molecule is CCC(O)[C@H]1C[C@@H]2C[C@]23[C@H]2[C@H](CC[C@]13C)[C@H]1CCC(=O)C=C1C[C@H]2C. The molecule has 9 atom stereocenters. The molecule has 4 saturated carbocycles. The van der Waals surface area contributed by atoms with E-state index >= 15 is 0 Å². The Hall–Kier alpha value is -0.630. The molecule has 138 valence electrons. The quantitative estimate of drug-likeness (QED) is 0.785. The number of rotatable bonds is 2. The summed E-state index contributed by atoms with van der Waals surface area (Å²) in [5.41, 5.74) is 2.36. The number of allylic oxidation sites excluding steroid dienone is 1. The minimum atomic E-state index is -0.104. The molecule has 1 unspecified atom stereocenters. The Bertz CT molecular complexity index is 636. The second-order valence-electron chi connectivity index (χ2n) is 10.4. The number of ketones is 1. The zero-order chi connectivity index (χ0) is 17.6. The van der Waals surface area contributed by atoms with E-state index in [1.165, 1.54) is 31.3 Å². The zero-order valence-electron chi connectivity index (χ0n) is 16.1. The van der Waals surface area contributed by atoms with Crippen LogP contribution in [0.3, 0.4) is 0 Å². The molecule has 5 aliphatic carbocycles. The van der Waals surface area contributed by atoms with Gasteiger partial charge in [-0.3, -0.25) is 4.79 Å². The van der Waals surface area contributed by atoms with Gasteiger partial charge in [0.05, 0.1) is 6.10 Å². The van der Waals surface area contributed by atoms with Crippen LogP contribution in [0.25, 0.3) is 0 Å². The molecule has 0 aromatic heterocycles. The number of carbonyl (C=O) groups excluding carboxylic acids is 1. The van der Waals surface area contributed by atoms with Crippen LogP contribution >= 0.6 is 0 Å². The first-order valence-corrected chi connectivity index (χ1v) is 10.8. The van der Waals surface area contributed by atoms with Gasteiger partial charge in [0.25, 0.3) is 0 Å². The first-order chi connectivity index (χ1) is 11.9. The molecule has 0 bridgehead atoms. The Morgan fingerprint density at radius 3 is 2.92 bits per heavy atom. The maximum atomic E-state index is 11.9. The summed E-state index contributed by atoms with van der Waals surface area (Å²) in [7, 11) is 0. The molecule has 0 amide bonds. The molecule has 5 aliphatic rings. The Kier molecular flexibility index (Phi) is 3.45. The molecule has 0 heterocycles. The highest BCUT2D eigenvalue weighted by Gasteiger charge is 2.78. The summed E-state index contributed by atoms with van der Waals surface area (Å²) in [5, 5.41) is 10.7. The number of fused-ring (bicyclic) bond motifs is 3. The average molecular weight is 343 g/mol. The standard InChI is InChI=1S/C23H34O2/c1-4-20(25)19-11-15-12-23(15)21-13(2)9-14-10-16(24)5-6-17(14)18(21)7-8-22(19,23)3/h10,13,15,17-21,25H,4-9,11-12H2,1-3H3/t13-,15-,17+,18-,19-,20?,21-,22-,23-/m1/s1. The van der Waals surface area contributed by atoms with Crippen molar-refractivity contribution < 1.29 is 9.90 Å². The van der Waals surface area contributed by atoms with Gasteiger partial charge < -0.3 is 5.11 Å². The summed E-state index contributed by atoms with van der Waals surface area (Å²) >= 11 is 0. The van der Waals surface area contributed by atoms with E-state index in [0.29, 0.717) is 34.4 Å². The topological polar surface area (TPSA) is 37.3 Å². The normalized spacial score (nSPS) is 54.7. The van der Waals surface area contributed by atoms with Crippen LogP contribution in [0, 0.1) is 46.3 Å². The Morgan fingerprint density at radius 2 is 2.16 bits per heavy atom. The van der Waals surface area contributed by atoms with Crippen LogP contribution < -0.4 is 0 Å². The van der Waals surface area contributed by atoms with Gasteiger partial charge in [-0.2, -0.15) is 0 Å². The highest BCUT2D eigenvalue weighted by Crippen LogP contribution is 2.84. The maximum Gasteiger partial charge on any atom is 0.155 e. The van der Waals surface area contributed by atoms with Gasteiger partial charge in [-0.15, -0.1) is 0 Å². The maximum absolute atomic E-state index is 11.9. The summed E-state index contributed by atoms with van der Waals surface area (Å²) < 4.78 is 0. The fourth-order valence-electron chi connectivity index (χ4n) is 8.80. The van der Waals surface area contributed by atoms with Crippen molar-refractivity contribution in [3.8, 4) is 0 Å². The summed E-state index contributed by atoms with van der Waals surface area (Å²) in [6.45, 7) is 7.16. The van der Waals surface area contributed by atoms with E-state index < -0.39 is 0 Å². The van der Waals surface area contributed by atoms with Crippen molar-refractivity contribution in [1.29, 1.82) is 0 Å². The van der Waals surface area contributed by atoms with E-state index in [9.17, 15) is 9.90 Å². The van der Waals surface area contributed by atoms with Crippen LogP contribution in [0.5, 0.6) is 0 Å². The molecule has 5 rings (SSSR count). The minimum absolute atomic E-state index is 0.104. The van der Waals surface area contributed by atoms with Crippen molar-refractivity contribution in [1.82, 2.24) is 0 Å². The van der Waals surface area contributed by atoms with Crippen molar-refractivity contribution in [2.24, 2.45) is 46.3 Å². The van der Waals surface area contributed by atoms with Gasteiger partial charge in [-0.25, -0.2) is 0 Å². The predicted molar refractivity (Wildman–Crippen MR) is 98.9 cm³/mol. The van der Waals surface area contributed by atoms with E-state index in [0.717, 1.165) is 43.4 Å². The van der Waals surface area contributed by atoms with Gasteiger partial charge in [-0.05, 0) is 97.4 Å². The zero-order valence-corrected chi connectivity index (χ0v) is 16.1. The molecule has 1 spiro atoms. The summed E-state index contributed by atoms with van der Waals surface area (Å²) in [4.78, 5) is 11.9. The number of aliphatic hydroxyl groups excluding tert-OH is 1. The lowest BCUT2D eigenvalue weighted by atomic mass is 9.46. The van der Waals surface area contributed by atoms with E-state index in [-0.39, 0.29) is 6.10 Å². The van der Waals surface area contributed by atoms with Crippen molar-refractivity contribution in [2.75, 3.05) is 0 Å². The highest BCUT2D eigenvalue weighted by molar-refractivity contribution is 5.91. The fourth-order valence-corrected chi connectivity index (χ4v) is 8.80. The monoisotopic (exact) mass is 342 g/mol. The Morgan fingerprint density at radius 1 is 1.36 bits per heavy atom. The molecule has 0 aromatic rings. The molecule has 0 radical (unpaired) electrons. The Labute approximate surface area is 152 Å². The third-order valence-corrected chi connectivity index (χ3v) is 9.72. The molecule has 2 nitrogen and oxygen atoms in total. The van der Waals surface area contributed by atoms with E-state index in [2.05, 4.69) is 20.8 Å². The van der Waals surface area contributed by atoms with E-state index in [1.807, 2.05) is 6.08 Å². The van der Waals surface area contributed by atoms with Crippen molar-refractivity contribution in [3.63, 3.8) is 0 Å². The fraction of sp³-hybridized carbons (Fsp3) is 0.870. The predicted octanol–water partition coefficient (Wildman–Crippen LogP) is 4.76. The third-order valence-electron chi connectivity index (χ3n) is 9.72. The first-order valence-electron chi connectivity index (χ1n) is 10.8. The number of aliphatic hydroxyl groups is 1. The van der Waals surface area contributed by atoms with Gasteiger partial charge in [0.15, 0.2) is 5.78 Å². The van der Waals surface area contributed by atoms with Crippen LogP contribution in [-0.4, -0.2) is 17.0 Å². The molecule has 1 N–H and O–H groups in total. The number of hydrogen-bond donors (Lipinski definition) is 1. The molecular formula is C23H34O2. The summed E-state index contributed by atoms with van der Waals surface area (Å²) in [6, 6.07) is 0. The third kappa shape index (κ3) is 1.93. The largest absolute Gasteiger partial charge is 0.393 e. The lowest BCUT2D eigenvalue weighted by Crippen LogP contribution is -2.53. The molecular weight excluding hydrogens is 308 g/mol. The second kappa shape index (κ2) is 5.21. The molecule has 0 aromatic carbocycles. The van der Waals surface area contributed by atoms with E-state index in [1.54, 1.807) is 0 Å². The smallest absolute Gasteiger partial charge is 0.155 e. The van der Waals surface area contributed by atoms with Crippen LogP contribution in [0.1, 0.15) is 72.1 Å². The Balaban J connectivity index is 1.52. The molecule has 25 heavy (non-hydrogen) atoms. The average Bonchev–Trinajstić information content (AvgIpc) is 3.23. The van der Waals surface area contributed by atoms with Gasteiger partial charge in [-0.1, -0.05) is 26.3 Å². The number of carbonyl (C=O) groups is 1. The highest BCUT2D eigenvalue weighted by atomic mass is 16.3. The lowest BCUT2D eigenvalue weighted by Gasteiger charge is -2.58. The molecule has 4 fully saturated rings. The van der Waals surface area contributed by atoms with Crippen LogP contribution in [0.2, 0.25) is 0 Å². The first kappa shape index (κ1) is 16.5. The summed E-state index contributed by atoms with van der Waals surface area (Å²) in [5.74, 6) is 4.80. The summed E-state index contributed by atoms with van der Waals surface area (Å²) in [6.07, 6.45) is 11.2. The molecule has 2 heteroatoms. The van der Waals surface area contributed by atoms with Crippen LogP contribution in [-0.2, 0) is 4.79 Å². The van der Waals surface area contributed by atoms with Gasteiger partial charge in [0.2, 0.25) is 0 Å². The van der Waals surface area contributed by atoms with Crippen molar-refractivity contribution in [2.45, 2.75) is 78.2 Å². The van der Waals surface area contributed by atoms with Crippen molar-refractivity contribution in [3.05, 3.63) is 11.6 Å². The number of hydrogen-bond acceptors (Lipinski definition) is 2.